The Morgan fingerprint density at radius 3 is 2.44 bits per heavy atom. The highest BCUT2D eigenvalue weighted by molar-refractivity contribution is 7.10. The van der Waals surface area contributed by atoms with E-state index in [0.717, 1.165) is 18.4 Å². The van der Waals surface area contributed by atoms with Crippen LogP contribution in [0, 0.1) is 0 Å². The van der Waals surface area contributed by atoms with E-state index in [0.29, 0.717) is 17.6 Å². The SMILES string of the molecule is CC(C)(C)c1ccc(-c2noc(C=C3CCC(c4cccs4)CC3)n2)cc1. The molecular formula is C23H26N2OS. The molecule has 0 saturated heterocycles. The van der Waals surface area contributed by atoms with E-state index in [1.807, 2.05) is 11.3 Å². The summed E-state index contributed by atoms with van der Waals surface area (Å²) in [5.74, 6) is 1.99. The van der Waals surface area contributed by atoms with Crippen molar-refractivity contribution >= 4 is 17.4 Å². The zero-order chi connectivity index (χ0) is 18.9. The second-order valence-corrected chi connectivity index (χ2v) is 9.36. The summed E-state index contributed by atoms with van der Waals surface area (Å²) < 4.78 is 5.48. The number of thiophene rings is 1. The molecule has 0 aliphatic heterocycles. The predicted molar refractivity (Wildman–Crippen MR) is 112 cm³/mol. The number of allylic oxidation sites excluding steroid dienone is 1. The third-order valence-corrected chi connectivity index (χ3v) is 6.39. The molecule has 4 heteroatoms. The van der Waals surface area contributed by atoms with Crippen molar-refractivity contribution in [1.29, 1.82) is 0 Å². The lowest BCUT2D eigenvalue weighted by atomic mass is 9.85. The molecule has 1 aromatic carbocycles. The zero-order valence-corrected chi connectivity index (χ0v) is 17.1. The van der Waals surface area contributed by atoms with E-state index in [9.17, 15) is 0 Å². The van der Waals surface area contributed by atoms with Gasteiger partial charge in [-0.2, -0.15) is 4.98 Å². The fourth-order valence-electron chi connectivity index (χ4n) is 3.65. The van der Waals surface area contributed by atoms with Gasteiger partial charge in [-0.1, -0.05) is 61.8 Å². The lowest BCUT2D eigenvalue weighted by molar-refractivity contribution is 0.410. The maximum Gasteiger partial charge on any atom is 0.250 e. The standard InChI is InChI=1S/C23H26N2OS/c1-23(2,3)19-12-10-18(11-13-19)22-24-21(26-25-22)15-16-6-8-17(9-7-16)20-5-4-14-27-20/h4-5,10-15,17H,6-9H2,1-3H3. The molecule has 2 aromatic heterocycles. The molecule has 27 heavy (non-hydrogen) atoms. The van der Waals surface area contributed by atoms with Crippen LogP contribution in [-0.4, -0.2) is 10.1 Å². The van der Waals surface area contributed by atoms with Crippen molar-refractivity contribution in [2.45, 2.75) is 57.8 Å². The van der Waals surface area contributed by atoms with Gasteiger partial charge >= 0.3 is 0 Å². The van der Waals surface area contributed by atoms with Crippen LogP contribution in [0.25, 0.3) is 17.5 Å². The predicted octanol–water partition coefficient (Wildman–Crippen LogP) is 6.84. The van der Waals surface area contributed by atoms with Crippen LogP contribution in [0.1, 0.15) is 68.7 Å². The first-order valence-electron chi connectivity index (χ1n) is 9.66. The van der Waals surface area contributed by atoms with Crippen molar-refractivity contribution in [3.63, 3.8) is 0 Å². The fourth-order valence-corrected chi connectivity index (χ4v) is 4.55. The Bertz CT molecular complexity index is 904. The van der Waals surface area contributed by atoms with Gasteiger partial charge in [0.1, 0.15) is 0 Å². The average molecular weight is 379 g/mol. The third kappa shape index (κ3) is 4.22. The summed E-state index contributed by atoms with van der Waals surface area (Å²) in [5.41, 5.74) is 3.87. The summed E-state index contributed by atoms with van der Waals surface area (Å²) in [4.78, 5) is 6.10. The quantitative estimate of drug-likeness (QED) is 0.501. The highest BCUT2D eigenvalue weighted by Gasteiger charge is 2.20. The van der Waals surface area contributed by atoms with E-state index in [1.54, 1.807) is 0 Å². The maximum absolute atomic E-state index is 5.48. The number of nitrogens with zero attached hydrogens (tertiary/aromatic N) is 2. The third-order valence-electron chi connectivity index (χ3n) is 5.35. The molecule has 140 valence electrons. The van der Waals surface area contributed by atoms with Crippen molar-refractivity contribution < 1.29 is 4.52 Å². The number of aromatic nitrogens is 2. The second-order valence-electron chi connectivity index (χ2n) is 8.38. The van der Waals surface area contributed by atoms with Crippen molar-refractivity contribution in [3.8, 4) is 11.4 Å². The summed E-state index contributed by atoms with van der Waals surface area (Å²) in [7, 11) is 0. The first-order chi connectivity index (χ1) is 13.0. The average Bonchev–Trinajstić information content (AvgIpc) is 3.34. The molecule has 0 radical (unpaired) electrons. The fraction of sp³-hybridized carbons (Fsp3) is 0.391. The first kappa shape index (κ1) is 18.2. The summed E-state index contributed by atoms with van der Waals surface area (Å²) in [6.07, 6.45) is 6.73. The van der Waals surface area contributed by atoms with Gasteiger partial charge in [-0.05, 0) is 54.0 Å². The van der Waals surface area contributed by atoms with E-state index in [4.69, 9.17) is 4.52 Å². The largest absolute Gasteiger partial charge is 0.334 e. The second kappa shape index (κ2) is 7.43. The molecule has 4 rings (SSSR count). The number of rotatable bonds is 3. The number of benzene rings is 1. The van der Waals surface area contributed by atoms with Crippen LogP contribution in [0.4, 0.5) is 0 Å². The molecule has 1 aliphatic rings. The van der Waals surface area contributed by atoms with Crippen LogP contribution in [0.5, 0.6) is 0 Å². The molecule has 0 amide bonds. The highest BCUT2D eigenvalue weighted by Crippen LogP contribution is 2.38. The molecular weight excluding hydrogens is 352 g/mol. The van der Waals surface area contributed by atoms with Gasteiger partial charge in [-0.25, -0.2) is 0 Å². The minimum atomic E-state index is 0.146. The van der Waals surface area contributed by atoms with E-state index in [-0.39, 0.29) is 5.41 Å². The summed E-state index contributed by atoms with van der Waals surface area (Å²) in [5, 5.41) is 6.35. The Hall–Kier alpha value is -2.20. The first-order valence-corrected chi connectivity index (χ1v) is 10.5. The van der Waals surface area contributed by atoms with Gasteiger partial charge in [0.05, 0.1) is 0 Å². The molecule has 0 unspecified atom stereocenters. The van der Waals surface area contributed by atoms with Crippen LogP contribution < -0.4 is 0 Å². The van der Waals surface area contributed by atoms with Gasteiger partial charge in [0.2, 0.25) is 5.82 Å². The highest BCUT2D eigenvalue weighted by atomic mass is 32.1. The molecule has 1 saturated carbocycles. The molecule has 0 atom stereocenters. The van der Waals surface area contributed by atoms with E-state index < -0.39 is 0 Å². The van der Waals surface area contributed by atoms with Crippen molar-refractivity contribution in [3.05, 3.63) is 63.7 Å². The van der Waals surface area contributed by atoms with Crippen LogP contribution in [0.15, 0.2) is 51.9 Å². The normalized spacial score (nSPS) is 17.9. The Kier molecular flexibility index (Phi) is 5.00. The lowest BCUT2D eigenvalue weighted by Gasteiger charge is -2.22. The van der Waals surface area contributed by atoms with Crippen LogP contribution in [0.3, 0.4) is 0 Å². The number of hydrogen-bond donors (Lipinski definition) is 0. The molecule has 1 aliphatic carbocycles. The van der Waals surface area contributed by atoms with Gasteiger partial charge < -0.3 is 4.52 Å². The summed E-state index contributed by atoms with van der Waals surface area (Å²) in [6, 6.07) is 12.9. The molecule has 2 heterocycles. The lowest BCUT2D eigenvalue weighted by Crippen LogP contribution is -2.10. The minimum absolute atomic E-state index is 0.146. The van der Waals surface area contributed by atoms with Crippen molar-refractivity contribution in [2.24, 2.45) is 0 Å². The molecule has 0 bridgehead atoms. The molecule has 0 N–H and O–H groups in total. The van der Waals surface area contributed by atoms with E-state index in [1.165, 1.54) is 28.9 Å². The Labute approximate surface area is 165 Å². The van der Waals surface area contributed by atoms with Gasteiger partial charge in [-0.3, -0.25) is 0 Å². The summed E-state index contributed by atoms with van der Waals surface area (Å²) >= 11 is 1.88. The number of hydrogen-bond acceptors (Lipinski definition) is 4. The zero-order valence-electron chi connectivity index (χ0n) is 16.2. The Morgan fingerprint density at radius 1 is 1.07 bits per heavy atom. The molecule has 0 spiro atoms. The maximum atomic E-state index is 5.48. The Balaban J connectivity index is 1.43. The molecule has 1 fully saturated rings. The monoisotopic (exact) mass is 378 g/mol. The molecule has 3 aromatic rings. The van der Waals surface area contributed by atoms with E-state index >= 15 is 0 Å². The van der Waals surface area contributed by atoms with Gasteiger partial charge in [0, 0.05) is 16.5 Å². The van der Waals surface area contributed by atoms with Crippen LogP contribution in [-0.2, 0) is 5.41 Å². The smallest absolute Gasteiger partial charge is 0.250 e. The van der Waals surface area contributed by atoms with Crippen molar-refractivity contribution in [2.75, 3.05) is 0 Å². The minimum Gasteiger partial charge on any atom is -0.334 e. The Morgan fingerprint density at radius 2 is 1.81 bits per heavy atom. The van der Waals surface area contributed by atoms with Crippen molar-refractivity contribution in [1.82, 2.24) is 10.1 Å². The van der Waals surface area contributed by atoms with Gasteiger partial charge in [0.25, 0.3) is 5.89 Å². The van der Waals surface area contributed by atoms with Gasteiger partial charge in [0.15, 0.2) is 0 Å². The van der Waals surface area contributed by atoms with Crippen LogP contribution in [0.2, 0.25) is 0 Å². The molecule has 3 nitrogen and oxygen atoms in total. The topological polar surface area (TPSA) is 38.9 Å². The van der Waals surface area contributed by atoms with E-state index in [2.05, 4.69) is 78.8 Å². The summed E-state index contributed by atoms with van der Waals surface area (Å²) in [6.45, 7) is 6.65. The van der Waals surface area contributed by atoms with Crippen LogP contribution >= 0.6 is 11.3 Å². The van der Waals surface area contributed by atoms with Gasteiger partial charge in [-0.15, -0.1) is 11.3 Å².